The Bertz CT molecular complexity index is 176. The van der Waals surface area contributed by atoms with Crippen molar-refractivity contribution in [2.75, 3.05) is 13.1 Å². The molecule has 0 saturated carbocycles. The van der Waals surface area contributed by atoms with Gasteiger partial charge in [0.2, 0.25) is 0 Å². The predicted octanol–water partition coefficient (Wildman–Crippen LogP) is 2.04. The topological polar surface area (TPSA) is 6.48 Å². The molecule has 0 aliphatic heterocycles. The fraction of sp³-hybridized carbons (Fsp3) is 0.846. The zero-order valence-electron chi connectivity index (χ0n) is 12.0. The highest BCUT2D eigenvalue weighted by Gasteiger charge is 2.25. The molecule has 0 aliphatic rings. The lowest BCUT2D eigenvalue weighted by molar-refractivity contribution is 0.0596. The first-order chi connectivity index (χ1) is 7.49. The van der Waals surface area contributed by atoms with Crippen molar-refractivity contribution in [2.24, 2.45) is 0 Å². The molecule has 0 amide bonds. The van der Waals surface area contributed by atoms with E-state index < -0.39 is 0 Å². The lowest BCUT2D eigenvalue weighted by Crippen LogP contribution is -2.56. The van der Waals surface area contributed by atoms with Crippen molar-refractivity contribution in [1.82, 2.24) is 9.80 Å². The Morgan fingerprint density at radius 2 is 1.38 bits per heavy atom. The van der Waals surface area contributed by atoms with E-state index in [2.05, 4.69) is 63.6 Å². The first kappa shape index (κ1) is 15.9. The molecule has 16 heavy (non-hydrogen) atoms. The molecule has 3 heteroatoms. The van der Waals surface area contributed by atoms with Crippen LogP contribution in [0, 0.1) is 0 Å². The number of rotatable bonds is 8. The molecule has 0 spiro atoms. The lowest BCUT2D eigenvalue weighted by atomic mass is 10.3. The molecule has 0 fully saturated rings. The Kier molecular flexibility index (Phi) is 7.98. The van der Waals surface area contributed by atoms with Gasteiger partial charge >= 0.3 is 0 Å². The van der Waals surface area contributed by atoms with E-state index in [1.807, 2.05) is 0 Å². The second kappa shape index (κ2) is 8.04. The summed E-state index contributed by atoms with van der Waals surface area (Å²) in [6, 6.07) is 1.24. The van der Waals surface area contributed by atoms with Gasteiger partial charge in [-0.3, -0.25) is 9.80 Å². The monoisotopic (exact) mass is 242 g/mol. The maximum Gasteiger partial charge on any atom is 0.0823 e. The van der Waals surface area contributed by atoms with E-state index in [0.29, 0.717) is 17.9 Å². The molecule has 2 nitrogen and oxygen atoms in total. The lowest BCUT2D eigenvalue weighted by Gasteiger charge is -2.42. The third-order valence-corrected chi connectivity index (χ3v) is 4.89. The molecule has 0 aromatic rings. The molecular weight excluding hydrogens is 212 g/mol. The van der Waals surface area contributed by atoms with E-state index in [4.69, 9.17) is 0 Å². The minimum atomic E-state index is -0.251. The van der Waals surface area contributed by atoms with E-state index in [-0.39, 0.29) is 9.52 Å². The maximum absolute atomic E-state index is 3.96. The Morgan fingerprint density at radius 1 is 1.00 bits per heavy atom. The van der Waals surface area contributed by atoms with Crippen LogP contribution in [0.3, 0.4) is 0 Å². The van der Waals surface area contributed by atoms with Crippen molar-refractivity contribution in [2.45, 2.75) is 59.4 Å². The minimum Gasteiger partial charge on any atom is -0.289 e. The van der Waals surface area contributed by atoms with E-state index in [0.717, 1.165) is 13.1 Å². The second-order valence-electron chi connectivity index (χ2n) is 4.85. The van der Waals surface area contributed by atoms with Gasteiger partial charge in [0.15, 0.2) is 0 Å². The summed E-state index contributed by atoms with van der Waals surface area (Å²) in [5.41, 5.74) is 2.18. The highest BCUT2D eigenvalue weighted by atomic mass is 28.2. The fourth-order valence-corrected chi connectivity index (χ4v) is 4.65. The molecule has 0 aliphatic carbocycles. The van der Waals surface area contributed by atoms with Gasteiger partial charge in [-0.05, 0) is 40.8 Å². The second-order valence-corrected chi connectivity index (χ2v) is 6.63. The predicted molar refractivity (Wildman–Crippen MR) is 77.6 cm³/mol. The largest absolute Gasteiger partial charge is 0.289 e. The summed E-state index contributed by atoms with van der Waals surface area (Å²) in [7, 11) is -0.251. The molecule has 0 rings (SSSR count). The van der Waals surface area contributed by atoms with Gasteiger partial charge in [-0.25, -0.2) is 0 Å². The van der Waals surface area contributed by atoms with Crippen LogP contribution in [-0.2, 0) is 0 Å². The molecule has 96 valence electrons. The minimum absolute atomic E-state index is 0.251. The summed E-state index contributed by atoms with van der Waals surface area (Å²) in [5.74, 6) is 0.632. The van der Waals surface area contributed by atoms with Crippen LogP contribution in [0.15, 0.2) is 12.3 Å². The maximum atomic E-state index is 3.96. The van der Waals surface area contributed by atoms with E-state index >= 15 is 0 Å². The van der Waals surface area contributed by atoms with Gasteiger partial charge < -0.3 is 0 Å². The number of hydrogen-bond donors (Lipinski definition) is 0. The first-order valence-electron chi connectivity index (χ1n) is 6.61. The van der Waals surface area contributed by atoms with Crippen LogP contribution in [-0.4, -0.2) is 50.3 Å². The van der Waals surface area contributed by atoms with Gasteiger partial charge in [-0.1, -0.05) is 13.8 Å². The van der Waals surface area contributed by atoms with Crippen molar-refractivity contribution in [3.63, 3.8) is 0 Å². The first-order valence-corrected chi connectivity index (χ1v) is 8.25. The quantitative estimate of drug-likeness (QED) is 0.475. The fourth-order valence-electron chi connectivity index (χ4n) is 2.45. The molecule has 0 atom stereocenters. The van der Waals surface area contributed by atoms with Gasteiger partial charge in [-0.15, -0.1) is 12.3 Å². The summed E-state index contributed by atoms with van der Waals surface area (Å²) < 4.78 is 0. The number of hydrogen-bond acceptors (Lipinski definition) is 2. The molecule has 0 aromatic heterocycles. The van der Waals surface area contributed by atoms with Crippen LogP contribution in [0.25, 0.3) is 0 Å². The average Bonchev–Trinajstić information content (AvgIpc) is 2.18. The normalized spacial score (nSPS) is 13.2. The molecule has 0 aromatic carbocycles. The zero-order chi connectivity index (χ0) is 12.7. The summed E-state index contributed by atoms with van der Waals surface area (Å²) in [6.45, 7) is 19.9. The zero-order valence-corrected chi connectivity index (χ0v) is 13.4. The summed E-state index contributed by atoms with van der Waals surface area (Å²) >= 11 is 0. The van der Waals surface area contributed by atoms with Gasteiger partial charge in [-0.2, -0.15) is 0 Å². The highest BCUT2D eigenvalue weighted by molar-refractivity contribution is 6.43. The van der Waals surface area contributed by atoms with Crippen LogP contribution >= 0.6 is 0 Å². The Balaban J connectivity index is 4.85. The Labute approximate surface area is 105 Å². The standard InChI is InChI=1S/C13H30N2Si/c1-8-14(11(4)5)13(16-10-3)15(9-2)12(6)7/h10-13H,3,8-9,16H2,1-2,4-7H3. The van der Waals surface area contributed by atoms with Gasteiger partial charge in [0, 0.05) is 17.9 Å². The SMILES string of the molecule is C=C[SiH2]C(N(CC)C(C)C)N(CC)C(C)C. The van der Waals surface area contributed by atoms with E-state index in [1.54, 1.807) is 0 Å². The smallest absolute Gasteiger partial charge is 0.0823 e. The van der Waals surface area contributed by atoms with Gasteiger partial charge in [0.25, 0.3) is 0 Å². The molecule has 0 radical (unpaired) electrons. The Morgan fingerprint density at radius 3 is 1.56 bits per heavy atom. The molecule has 0 unspecified atom stereocenters. The third kappa shape index (κ3) is 4.40. The van der Waals surface area contributed by atoms with Crippen molar-refractivity contribution >= 4 is 9.52 Å². The van der Waals surface area contributed by atoms with Crippen molar-refractivity contribution in [3.05, 3.63) is 12.3 Å². The van der Waals surface area contributed by atoms with Crippen LogP contribution in [0.2, 0.25) is 0 Å². The molecule has 0 bridgehead atoms. The van der Waals surface area contributed by atoms with E-state index in [1.165, 1.54) is 0 Å². The highest BCUT2D eigenvalue weighted by Crippen LogP contribution is 2.12. The van der Waals surface area contributed by atoms with Crippen LogP contribution in [0.5, 0.6) is 0 Å². The Hall–Kier alpha value is -0.123. The average molecular weight is 242 g/mol. The summed E-state index contributed by atoms with van der Waals surface area (Å²) in [6.07, 6.45) is 0. The molecule has 0 heterocycles. The molecule has 0 N–H and O–H groups in total. The third-order valence-electron chi connectivity index (χ3n) is 3.20. The number of nitrogens with zero attached hydrogens (tertiary/aromatic N) is 2. The van der Waals surface area contributed by atoms with Gasteiger partial charge in [0.1, 0.15) is 0 Å². The van der Waals surface area contributed by atoms with Crippen molar-refractivity contribution < 1.29 is 0 Å². The summed E-state index contributed by atoms with van der Waals surface area (Å²) in [5, 5.41) is 0. The van der Waals surface area contributed by atoms with Crippen molar-refractivity contribution in [3.8, 4) is 0 Å². The van der Waals surface area contributed by atoms with Crippen LogP contribution in [0.4, 0.5) is 0 Å². The van der Waals surface area contributed by atoms with Gasteiger partial charge in [0.05, 0.1) is 9.52 Å². The van der Waals surface area contributed by atoms with Crippen LogP contribution < -0.4 is 0 Å². The molecular formula is C13H30N2Si. The molecule has 0 saturated heterocycles. The van der Waals surface area contributed by atoms with Crippen LogP contribution in [0.1, 0.15) is 41.5 Å². The van der Waals surface area contributed by atoms with Crippen molar-refractivity contribution in [1.29, 1.82) is 0 Å². The van der Waals surface area contributed by atoms with E-state index in [9.17, 15) is 0 Å². The summed E-state index contributed by atoms with van der Waals surface area (Å²) in [4.78, 5) is 5.22.